The van der Waals surface area contributed by atoms with E-state index < -0.39 is 0 Å². The molecule has 1 aliphatic carbocycles. The molecule has 7 heteroatoms. The van der Waals surface area contributed by atoms with E-state index in [0.717, 1.165) is 34.2 Å². The van der Waals surface area contributed by atoms with E-state index in [2.05, 4.69) is 34.0 Å². The number of fused-ring (bicyclic) bond motifs is 3. The third-order valence-corrected chi connectivity index (χ3v) is 6.15. The number of nitrogens with two attached hydrogens (primary N) is 1. The van der Waals surface area contributed by atoms with E-state index in [1.165, 1.54) is 12.8 Å². The van der Waals surface area contributed by atoms with Crippen LogP contribution in [0.2, 0.25) is 0 Å². The third kappa shape index (κ3) is 3.74. The Morgan fingerprint density at radius 2 is 2.10 bits per heavy atom. The number of nitrogens with zero attached hydrogens (tertiary/aromatic N) is 4. The Morgan fingerprint density at radius 3 is 2.81 bits per heavy atom. The van der Waals surface area contributed by atoms with E-state index >= 15 is 0 Å². The summed E-state index contributed by atoms with van der Waals surface area (Å²) in [6, 6.07) is 6.01. The zero-order valence-corrected chi connectivity index (χ0v) is 18.0. The lowest BCUT2D eigenvalue weighted by Gasteiger charge is -2.22. The first kappa shape index (κ1) is 19.9. The van der Waals surface area contributed by atoms with Crippen molar-refractivity contribution in [2.24, 2.45) is 0 Å². The van der Waals surface area contributed by atoms with Gasteiger partial charge in [0.05, 0.1) is 24.4 Å². The molecule has 2 N–H and O–H groups in total. The van der Waals surface area contributed by atoms with Gasteiger partial charge in [-0.1, -0.05) is 13.0 Å². The molecule has 3 aromatic rings. The fraction of sp³-hybridized carbons (Fsp3) is 0.417. The summed E-state index contributed by atoms with van der Waals surface area (Å²) in [6.45, 7) is 5.67. The van der Waals surface area contributed by atoms with Gasteiger partial charge in [0.2, 0.25) is 0 Å². The Kier molecular flexibility index (Phi) is 5.06. The van der Waals surface area contributed by atoms with Gasteiger partial charge in [0, 0.05) is 41.8 Å². The van der Waals surface area contributed by atoms with E-state index in [9.17, 15) is 4.79 Å². The van der Waals surface area contributed by atoms with Crippen molar-refractivity contribution in [3.8, 4) is 0 Å². The number of carbonyl (C=O) groups is 1. The quantitative estimate of drug-likeness (QED) is 0.648. The highest BCUT2D eigenvalue weighted by atomic mass is 16.5. The Balaban J connectivity index is 1.44. The molecule has 0 saturated heterocycles. The number of pyridine rings is 3. The minimum absolute atomic E-state index is 0.0902. The summed E-state index contributed by atoms with van der Waals surface area (Å²) in [5, 5.41) is 0.888. The fourth-order valence-corrected chi connectivity index (χ4v) is 4.34. The van der Waals surface area contributed by atoms with Crippen molar-refractivity contribution < 1.29 is 9.53 Å². The summed E-state index contributed by atoms with van der Waals surface area (Å²) in [5.41, 5.74) is 11.4. The molecule has 7 nitrogen and oxygen atoms in total. The van der Waals surface area contributed by atoms with Gasteiger partial charge in [-0.2, -0.15) is 0 Å². The number of nitrogen functional groups attached to an aromatic ring is 1. The van der Waals surface area contributed by atoms with E-state index in [-0.39, 0.29) is 12.0 Å². The monoisotopic (exact) mass is 417 g/mol. The lowest BCUT2D eigenvalue weighted by Crippen LogP contribution is -2.32. The molecule has 160 valence electrons. The topological polar surface area (TPSA) is 94.2 Å². The molecular weight excluding hydrogens is 390 g/mol. The first-order valence-electron chi connectivity index (χ1n) is 11.0. The molecule has 1 atom stereocenters. The van der Waals surface area contributed by atoms with E-state index in [1.54, 1.807) is 6.20 Å². The van der Waals surface area contributed by atoms with Crippen LogP contribution in [0, 0.1) is 0 Å². The molecule has 2 aliphatic rings. The summed E-state index contributed by atoms with van der Waals surface area (Å²) >= 11 is 0. The summed E-state index contributed by atoms with van der Waals surface area (Å²) in [7, 11) is 0. The smallest absolute Gasteiger partial charge is 0.272 e. The van der Waals surface area contributed by atoms with Crippen molar-refractivity contribution >= 4 is 22.6 Å². The Labute approximate surface area is 181 Å². The summed E-state index contributed by atoms with van der Waals surface area (Å²) in [6.07, 6.45) is 6.77. The first-order valence-corrected chi connectivity index (χ1v) is 11.0. The highest BCUT2D eigenvalue weighted by Gasteiger charge is 2.27. The van der Waals surface area contributed by atoms with Crippen LogP contribution in [0.25, 0.3) is 10.9 Å². The van der Waals surface area contributed by atoms with Crippen LogP contribution in [0.4, 0.5) is 5.82 Å². The molecule has 5 rings (SSSR count). The van der Waals surface area contributed by atoms with Gasteiger partial charge >= 0.3 is 0 Å². The second kappa shape index (κ2) is 7.89. The van der Waals surface area contributed by atoms with Crippen LogP contribution >= 0.6 is 0 Å². The van der Waals surface area contributed by atoms with Gasteiger partial charge < -0.3 is 15.4 Å². The maximum absolute atomic E-state index is 13.4. The van der Waals surface area contributed by atoms with E-state index in [0.29, 0.717) is 42.6 Å². The molecule has 0 unspecified atom stereocenters. The second-order valence-corrected chi connectivity index (χ2v) is 8.52. The molecule has 1 amide bonds. The minimum Gasteiger partial charge on any atom is -0.383 e. The standard InChI is InChI=1S/C24H27N5O2/c1-3-8-29(12-15-4-7-19(26-10-15)16-5-6-16)24(30)20-9-17-18-13-31-14(2)22(18)23(25)28-21(17)11-27-20/h4,7,9-11,14,16H,3,5-6,8,12-13H2,1-2H3,(H2,25,28)/t14-/m1/s1. The van der Waals surface area contributed by atoms with Crippen molar-refractivity contribution in [3.63, 3.8) is 0 Å². The molecule has 0 radical (unpaired) electrons. The molecule has 31 heavy (non-hydrogen) atoms. The zero-order chi connectivity index (χ0) is 21.5. The number of aromatic nitrogens is 3. The van der Waals surface area contributed by atoms with Gasteiger partial charge in [0.15, 0.2) is 0 Å². The Morgan fingerprint density at radius 1 is 1.26 bits per heavy atom. The maximum Gasteiger partial charge on any atom is 0.272 e. The summed E-state index contributed by atoms with van der Waals surface area (Å²) in [4.78, 5) is 28.7. The van der Waals surface area contributed by atoms with Crippen LogP contribution in [0.1, 0.15) is 78.0 Å². The average molecular weight is 418 g/mol. The predicted molar refractivity (Wildman–Crippen MR) is 118 cm³/mol. The largest absolute Gasteiger partial charge is 0.383 e. The van der Waals surface area contributed by atoms with Crippen molar-refractivity contribution in [2.45, 2.75) is 58.3 Å². The van der Waals surface area contributed by atoms with Crippen LogP contribution in [0.3, 0.4) is 0 Å². The first-order chi connectivity index (χ1) is 15.0. The van der Waals surface area contributed by atoms with Crippen LogP contribution in [0.5, 0.6) is 0 Å². The summed E-state index contributed by atoms with van der Waals surface area (Å²) in [5.74, 6) is 1.01. The predicted octanol–water partition coefficient (Wildman–Crippen LogP) is 4.13. The SMILES string of the molecule is CCCN(Cc1ccc(C2CC2)nc1)C(=O)c1cc2c3c(c(N)nc2cn1)[C@@H](C)OC3. The van der Waals surface area contributed by atoms with E-state index in [4.69, 9.17) is 10.5 Å². The molecule has 1 saturated carbocycles. The fourth-order valence-electron chi connectivity index (χ4n) is 4.34. The number of anilines is 1. The van der Waals surface area contributed by atoms with E-state index in [1.807, 2.05) is 24.1 Å². The Bertz CT molecular complexity index is 1140. The Hall–Kier alpha value is -3.06. The number of hydrogen-bond acceptors (Lipinski definition) is 6. The molecule has 1 fully saturated rings. The van der Waals surface area contributed by atoms with Gasteiger partial charge in [-0.05, 0) is 49.4 Å². The normalized spacial score (nSPS) is 17.7. The van der Waals surface area contributed by atoms with Gasteiger partial charge in [-0.25, -0.2) is 9.97 Å². The lowest BCUT2D eigenvalue weighted by molar-refractivity contribution is 0.0737. The van der Waals surface area contributed by atoms with Gasteiger partial charge in [-0.15, -0.1) is 0 Å². The second-order valence-electron chi connectivity index (χ2n) is 8.52. The zero-order valence-electron chi connectivity index (χ0n) is 18.0. The van der Waals surface area contributed by atoms with Gasteiger partial charge in [-0.3, -0.25) is 9.78 Å². The molecule has 1 aliphatic heterocycles. The summed E-state index contributed by atoms with van der Waals surface area (Å²) < 4.78 is 5.77. The lowest BCUT2D eigenvalue weighted by atomic mass is 10.0. The highest BCUT2D eigenvalue weighted by Crippen LogP contribution is 2.39. The molecule has 0 aromatic carbocycles. The number of hydrogen-bond donors (Lipinski definition) is 1. The van der Waals surface area contributed by atoms with Gasteiger partial charge in [0.25, 0.3) is 5.91 Å². The van der Waals surface area contributed by atoms with Crippen molar-refractivity contribution in [2.75, 3.05) is 12.3 Å². The van der Waals surface area contributed by atoms with Crippen LogP contribution < -0.4 is 5.73 Å². The average Bonchev–Trinajstić information content (AvgIpc) is 3.55. The van der Waals surface area contributed by atoms with Crippen LogP contribution in [-0.2, 0) is 17.9 Å². The minimum atomic E-state index is -0.0954. The molecule has 0 spiro atoms. The van der Waals surface area contributed by atoms with Crippen molar-refractivity contribution in [1.82, 2.24) is 19.9 Å². The third-order valence-electron chi connectivity index (χ3n) is 6.15. The molecular formula is C24H27N5O2. The van der Waals surface area contributed by atoms with Crippen molar-refractivity contribution in [1.29, 1.82) is 0 Å². The van der Waals surface area contributed by atoms with Gasteiger partial charge in [0.1, 0.15) is 11.5 Å². The maximum atomic E-state index is 13.4. The highest BCUT2D eigenvalue weighted by molar-refractivity contribution is 5.97. The van der Waals surface area contributed by atoms with Crippen LogP contribution in [-0.4, -0.2) is 32.3 Å². The number of carbonyl (C=O) groups excluding carboxylic acids is 1. The van der Waals surface area contributed by atoms with Crippen molar-refractivity contribution in [3.05, 3.63) is 58.7 Å². The number of amides is 1. The molecule has 3 aromatic heterocycles. The molecule has 0 bridgehead atoms. The number of rotatable bonds is 6. The van der Waals surface area contributed by atoms with Crippen LogP contribution in [0.15, 0.2) is 30.6 Å². The number of ether oxygens (including phenoxy) is 1. The molecule has 4 heterocycles.